The number of methoxy groups -OCH3 is 1. The van der Waals surface area contributed by atoms with Gasteiger partial charge in [0.2, 0.25) is 0 Å². The fourth-order valence-electron chi connectivity index (χ4n) is 4.09. The van der Waals surface area contributed by atoms with Crippen molar-refractivity contribution < 1.29 is 9.53 Å². The van der Waals surface area contributed by atoms with E-state index < -0.39 is 0 Å². The number of aryl methyl sites for hydroxylation is 2. The minimum atomic E-state index is -0.294. The number of nitrogens with zero attached hydrogens (tertiary/aromatic N) is 2. The fourth-order valence-corrected chi connectivity index (χ4v) is 4.09. The lowest BCUT2D eigenvalue weighted by atomic mass is 9.88. The first-order chi connectivity index (χ1) is 12.5. The van der Waals surface area contributed by atoms with Gasteiger partial charge in [0.05, 0.1) is 24.4 Å². The van der Waals surface area contributed by atoms with Crippen LogP contribution < -0.4 is 21.5 Å². The van der Waals surface area contributed by atoms with Crippen molar-refractivity contribution in [1.82, 2.24) is 9.78 Å². The molecule has 2 aliphatic rings. The number of benzene rings is 1. The summed E-state index contributed by atoms with van der Waals surface area (Å²) in [5.74, 6) is 0.828. The van der Waals surface area contributed by atoms with Gasteiger partial charge in [-0.2, -0.15) is 9.78 Å². The molecule has 2 heterocycles. The number of nitrogen functional groups attached to an aromatic ring is 1. The third kappa shape index (κ3) is 2.63. The molecular weight excluding hydrogens is 330 g/mol. The molecule has 1 aromatic carbocycles. The Kier molecular flexibility index (Phi) is 4.11. The highest BCUT2D eigenvalue weighted by molar-refractivity contribution is 5.91. The highest BCUT2D eigenvalue weighted by Crippen LogP contribution is 2.40. The molecule has 26 heavy (non-hydrogen) atoms. The first-order valence-corrected chi connectivity index (χ1v) is 9.08. The van der Waals surface area contributed by atoms with E-state index in [1.165, 1.54) is 4.68 Å². The summed E-state index contributed by atoms with van der Waals surface area (Å²) >= 11 is 0. The summed E-state index contributed by atoms with van der Waals surface area (Å²) in [5, 5.41) is 7.89. The third-order valence-electron chi connectivity index (χ3n) is 5.44. The van der Waals surface area contributed by atoms with Crippen molar-refractivity contribution >= 4 is 17.4 Å². The van der Waals surface area contributed by atoms with E-state index in [-0.39, 0.29) is 17.9 Å². The van der Waals surface area contributed by atoms with E-state index in [9.17, 15) is 4.79 Å². The van der Waals surface area contributed by atoms with Crippen LogP contribution in [0.1, 0.15) is 45.9 Å². The van der Waals surface area contributed by atoms with Crippen molar-refractivity contribution in [3.05, 3.63) is 34.5 Å². The molecule has 1 aliphatic carbocycles. The van der Waals surface area contributed by atoms with Gasteiger partial charge in [-0.25, -0.2) is 0 Å². The topological polar surface area (TPSA) is 108 Å². The molecule has 1 unspecified atom stereocenters. The number of nitrogens with one attached hydrogen (secondary N) is 1. The van der Waals surface area contributed by atoms with Crippen LogP contribution in [0.5, 0.6) is 5.75 Å². The molecule has 0 saturated carbocycles. The van der Waals surface area contributed by atoms with Crippen molar-refractivity contribution in [3.63, 3.8) is 0 Å². The largest absolute Gasteiger partial charge is 0.495 e. The smallest absolute Gasteiger partial charge is 0.256 e. The second kappa shape index (κ2) is 6.32. The number of hydrogen-bond acceptors (Lipinski definition) is 6. The SMILES string of the molecule is COc1cc(C)cc2c1NCCC2C(=O)n1nc2c(c1N)C[C@H](N)CC2. The predicted molar refractivity (Wildman–Crippen MR) is 101 cm³/mol. The van der Waals surface area contributed by atoms with E-state index in [1.54, 1.807) is 7.11 Å². The average molecular weight is 355 g/mol. The Morgan fingerprint density at radius 3 is 2.96 bits per heavy atom. The third-order valence-corrected chi connectivity index (χ3v) is 5.44. The van der Waals surface area contributed by atoms with Crippen LogP contribution in [0.2, 0.25) is 0 Å². The quantitative estimate of drug-likeness (QED) is 0.758. The van der Waals surface area contributed by atoms with Crippen molar-refractivity contribution in [2.45, 2.75) is 44.6 Å². The average Bonchev–Trinajstić information content (AvgIpc) is 2.96. The van der Waals surface area contributed by atoms with Crippen LogP contribution in [-0.4, -0.2) is 35.4 Å². The summed E-state index contributed by atoms with van der Waals surface area (Å²) in [6.45, 7) is 2.70. The molecule has 1 aliphatic heterocycles. The van der Waals surface area contributed by atoms with Crippen LogP contribution >= 0.6 is 0 Å². The molecule has 0 radical (unpaired) electrons. The molecule has 2 aromatic rings. The lowest BCUT2D eigenvalue weighted by molar-refractivity contribution is 0.0859. The molecule has 0 amide bonds. The molecule has 7 heteroatoms. The molecule has 138 valence electrons. The van der Waals surface area contributed by atoms with Crippen LogP contribution in [0, 0.1) is 6.92 Å². The number of carbonyl (C=O) groups excluding carboxylic acids is 1. The van der Waals surface area contributed by atoms with Crippen molar-refractivity contribution in [2.75, 3.05) is 24.7 Å². The van der Waals surface area contributed by atoms with Gasteiger partial charge < -0.3 is 21.5 Å². The van der Waals surface area contributed by atoms with E-state index in [0.29, 0.717) is 25.2 Å². The van der Waals surface area contributed by atoms with Crippen LogP contribution in [-0.2, 0) is 12.8 Å². The summed E-state index contributed by atoms with van der Waals surface area (Å²) in [6, 6.07) is 4.10. The molecular formula is C19H25N5O2. The van der Waals surface area contributed by atoms with Gasteiger partial charge in [0.25, 0.3) is 5.91 Å². The predicted octanol–water partition coefficient (Wildman–Crippen LogP) is 1.84. The number of hydrogen-bond donors (Lipinski definition) is 3. The first kappa shape index (κ1) is 16.9. The Morgan fingerprint density at radius 2 is 2.19 bits per heavy atom. The van der Waals surface area contributed by atoms with Gasteiger partial charge in [0, 0.05) is 18.2 Å². The second-order valence-electron chi connectivity index (χ2n) is 7.26. The number of ether oxygens (including phenoxy) is 1. The maximum absolute atomic E-state index is 13.3. The highest BCUT2D eigenvalue weighted by Gasteiger charge is 2.33. The Hall–Kier alpha value is -2.54. The molecule has 2 atom stereocenters. The molecule has 0 spiro atoms. The number of nitrogens with two attached hydrogens (primary N) is 2. The summed E-state index contributed by atoms with van der Waals surface area (Å²) in [5.41, 5.74) is 17.1. The summed E-state index contributed by atoms with van der Waals surface area (Å²) in [6.07, 6.45) is 3.03. The minimum absolute atomic E-state index is 0.0825. The Bertz CT molecular complexity index is 873. The monoisotopic (exact) mass is 355 g/mol. The Labute approximate surface area is 152 Å². The number of anilines is 2. The molecule has 0 saturated heterocycles. The normalized spacial score (nSPS) is 21.5. The van der Waals surface area contributed by atoms with Gasteiger partial charge >= 0.3 is 0 Å². The maximum Gasteiger partial charge on any atom is 0.256 e. The number of carbonyl (C=O) groups is 1. The zero-order valence-electron chi connectivity index (χ0n) is 15.2. The van der Waals surface area contributed by atoms with Crippen molar-refractivity contribution in [1.29, 1.82) is 0 Å². The van der Waals surface area contributed by atoms with E-state index >= 15 is 0 Å². The van der Waals surface area contributed by atoms with Gasteiger partial charge in [-0.3, -0.25) is 4.79 Å². The van der Waals surface area contributed by atoms with E-state index in [4.69, 9.17) is 16.2 Å². The van der Waals surface area contributed by atoms with Crippen molar-refractivity contribution in [2.24, 2.45) is 5.73 Å². The summed E-state index contributed by atoms with van der Waals surface area (Å²) in [7, 11) is 1.64. The van der Waals surface area contributed by atoms with E-state index in [1.807, 2.05) is 19.1 Å². The summed E-state index contributed by atoms with van der Waals surface area (Å²) < 4.78 is 6.89. The highest BCUT2D eigenvalue weighted by atomic mass is 16.5. The molecule has 7 nitrogen and oxygen atoms in total. The molecule has 5 N–H and O–H groups in total. The maximum atomic E-state index is 13.3. The van der Waals surface area contributed by atoms with Gasteiger partial charge in [0.1, 0.15) is 11.6 Å². The van der Waals surface area contributed by atoms with Crippen LogP contribution in [0.25, 0.3) is 0 Å². The zero-order chi connectivity index (χ0) is 18.4. The van der Waals surface area contributed by atoms with Gasteiger partial charge in [-0.1, -0.05) is 6.07 Å². The minimum Gasteiger partial charge on any atom is -0.495 e. The summed E-state index contributed by atoms with van der Waals surface area (Å²) in [4.78, 5) is 13.3. The number of fused-ring (bicyclic) bond motifs is 2. The number of aromatic nitrogens is 2. The molecule has 0 bridgehead atoms. The van der Waals surface area contributed by atoms with E-state index in [0.717, 1.165) is 46.7 Å². The standard InChI is InChI=1S/C19H25N5O2/c1-10-7-13-12(5-6-22-17(13)16(8-10)26-2)19(25)24-18(21)14-9-11(20)3-4-15(14)23-24/h7-8,11-12,22H,3-6,9,20-21H2,1-2H3/t11-,12?/m1/s1. The number of rotatable bonds is 2. The van der Waals surface area contributed by atoms with Crippen LogP contribution in [0.4, 0.5) is 11.5 Å². The lowest BCUT2D eigenvalue weighted by Gasteiger charge is -2.27. The van der Waals surface area contributed by atoms with E-state index in [2.05, 4.69) is 10.4 Å². The fraction of sp³-hybridized carbons (Fsp3) is 0.474. The van der Waals surface area contributed by atoms with Crippen LogP contribution in [0.15, 0.2) is 12.1 Å². The lowest BCUT2D eigenvalue weighted by Crippen LogP contribution is -2.29. The molecule has 0 fully saturated rings. The first-order valence-electron chi connectivity index (χ1n) is 9.08. The zero-order valence-corrected chi connectivity index (χ0v) is 15.2. The second-order valence-corrected chi connectivity index (χ2v) is 7.26. The van der Waals surface area contributed by atoms with Gasteiger partial charge in [-0.05, 0) is 49.8 Å². The van der Waals surface area contributed by atoms with Crippen molar-refractivity contribution in [3.8, 4) is 5.75 Å². The van der Waals surface area contributed by atoms with Gasteiger partial charge in [0.15, 0.2) is 0 Å². The van der Waals surface area contributed by atoms with Crippen LogP contribution in [0.3, 0.4) is 0 Å². The molecule has 4 rings (SSSR count). The Morgan fingerprint density at radius 1 is 1.38 bits per heavy atom. The van der Waals surface area contributed by atoms with Gasteiger partial charge in [-0.15, -0.1) is 0 Å². The Balaban J connectivity index is 1.74. The molecule has 1 aromatic heterocycles.